The Kier molecular flexibility index (Phi) is 6.87. The number of carbonyl (C=O) groups is 1. The minimum Gasteiger partial charge on any atom is -0.497 e. The van der Waals surface area contributed by atoms with Gasteiger partial charge in [0.15, 0.2) is 0 Å². The van der Waals surface area contributed by atoms with E-state index < -0.39 is 10.0 Å². The molecule has 6 nitrogen and oxygen atoms in total. The predicted molar refractivity (Wildman–Crippen MR) is 119 cm³/mol. The molecular weight excluding hydrogens is 447 g/mol. The van der Waals surface area contributed by atoms with Crippen LogP contribution >= 0.6 is 23.2 Å². The Labute approximate surface area is 184 Å². The lowest BCUT2D eigenvalue weighted by molar-refractivity contribution is -0.115. The maximum atomic E-state index is 12.7. The number of sulfonamides is 1. The number of anilines is 2. The quantitative estimate of drug-likeness (QED) is 0.515. The number of hydrogen-bond donors (Lipinski definition) is 2. The van der Waals surface area contributed by atoms with Crippen molar-refractivity contribution in [1.82, 2.24) is 0 Å². The van der Waals surface area contributed by atoms with E-state index in [0.29, 0.717) is 22.0 Å². The summed E-state index contributed by atoms with van der Waals surface area (Å²) in [6, 6.07) is 17.6. The molecule has 30 heavy (non-hydrogen) atoms. The summed E-state index contributed by atoms with van der Waals surface area (Å²) in [6.07, 6.45) is 0.00728. The van der Waals surface area contributed by atoms with E-state index in [1.807, 2.05) is 0 Å². The van der Waals surface area contributed by atoms with Crippen molar-refractivity contribution in [2.24, 2.45) is 0 Å². The predicted octanol–water partition coefficient (Wildman–Crippen LogP) is 4.98. The number of hydrogen-bond acceptors (Lipinski definition) is 4. The van der Waals surface area contributed by atoms with E-state index in [-0.39, 0.29) is 27.9 Å². The monoisotopic (exact) mass is 464 g/mol. The lowest BCUT2D eigenvalue weighted by Crippen LogP contribution is -2.16. The largest absolute Gasteiger partial charge is 0.497 e. The molecule has 9 heteroatoms. The number of rotatable bonds is 7. The van der Waals surface area contributed by atoms with Gasteiger partial charge in [-0.2, -0.15) is 0 Å². The summed E-state index contributed by atoms with van der Waals surface area (Å²) in [7, 11) is -2.33. The Bertz CT molecular complexity index is 1180. The molecule has 3 rings (SSSR count). The van der Waals surface area contributed by atoms with Crippen molar-refractivity contribution in [3.63, 3.8) is 0 Å². The summed E-state index contributed by atoms with van der Waals surface area (Å²) in [4.78, 5) is 12.4. The highest BCUT2D eigenvalue weighted by Crippen LogP contribution is 2.26. The molecular formula is C21H18Cl2N2O4S. The molecule has 156 valence electrons. The van der Waals surface area contributed by atoms with Gasteiger partial charge in [0.2, 0.25) is 5.91 Å². The third-order valence-electron chi connectivity index (χ3n) is 4.10. The third-order valence-corrected chi connectivity index (χ3v) is 6.22. The van der Waals surface area contributed by atoms with Gasteiger partial charge in [-0.25, -0.2) is 8.42 Å². The molecule has 3 aromatic carbocycles. The molecule has 0 heterocycles. The Morgan fingerprint density at radius 3 is 2.43 bits per heavy atom. The lowest BCUT2D eigenvalue weighted by Gasteiger charge is -2.11. The fourth-order valence-corrected chi connectivity index (χ4v) is 4.11. The zero-order valence-electron chi connectivity index (χ0n) is 15.9. The van der Waals surface area contributed by atoms with E-state index >= 15 is 0 Å². The van der Waals surface area contributed by atoms with Crippen LogP contribution in [0.5, 0.6) is 5.75 Å². The third kappa shape index (κ3) is 5.66. The number of ether oxygens (including phenoxy) is 1. The van der Waals surface area contributed by atoms with E-state index in [0.717, 1.165) is 0 Å². The zero-order chi connectivity index (χ0) is 21.7. The molecule has 2 N–H and O–H groups in total. The number of methoxy groups -OCH3 is 1. The van der Waals surface area contributed by atoms with E-state index in [1.165, 1.54) is 30.3 Å². The Morgan fingerprint density at radius 2 is 1.70 bits per heavy atom. The molecule has 0 fully saturated rings. The molecule has 0 atom stereocenters. The average Bonchev–Trinajstić information content (AvgIpc) is 2.71. The summed E-state index contributed by atoms with van der Waals surface area (Å²) in [5, 5.41) is 3.32. The first-order chi connectivity index (χ1) is 14.3. The normalized spacial score (nSPS) is 11.0. The highest BCUT2D eigenvalue weighted by atomic mass is 35.5. The first kappa shape index (κ1) is 22.0. The van der Waals surface area contributed by atoms with Crippen molar-refractivity contribution in [2.75, 3.05) is 17.1 Å². The Hall–Kier alpha value is -2.74. The molecule has 0 radical (unpaired) electrons. The molecule has 0 saturated carbocycles. The van der Waals surface area contributed by atoms with Crippen LogP contribution in [0.15, 0.2) is 71.6 Å². The van der Waals surface area contributed by atoms with Crippen LogP contribution in [0, 0.1) is 0 Å². The fraction of sp³-hybridized carbons (Fsp3) is 0.0952. The van der Waals surface area contributed by atoms with Gasteiger partial charge in [0.05, 0.1) is 34.2 Å². The van der Waals surface area contributed by atoms with Crippen molar-refractivity contribution in [3.05, 3.63) is 82.3 Å². The first-order valence-corrected chi connectivity index (χ1v) is 11.0. The smallest absolute Gasteiger partial charge is 0.261 e. The van der Waals surface area contributed by atoms with Crippen LogP contribution in [0.2, 0.25) is 10.0 Å². The highest BCUT2D eigenvalue weighted by Gasteiger charge is 2.16. The Morgan fingerprint density at radius 1 is 0.933 bits per heavy atom. The van der Waals surface area contributed by atoms with Gasteiger partial charge >= 0.3 is 0 Å². The number of halogens is 2. The molecule has 0 saturated heterocycles. The van der Waals surface area contributed by atoms with Crippen molar-refractivity contribution in [3.8, 4) is 5.75 Å². The zero-order valence-corrected chi connectivity index (χ0v) is 18.2. The maximum Gasteiger partial charge on any atom is 0.261 e. The number of amides is 1. The van der Waals surface area contributed by atoms with Crippen molar-refractivity contribution in [2.45, 2.75) is 11.3 Å². The Balaban J connectivity index is 1.72. The molecule has 0 aliphatic carbocycles. The molecule has 0 spiro atoms. The molecule has 0 aromatic heterocycles. The van der Waals surface area contributed by atoms with Gasteiger partial charge in [0.25, 0.3) is 10.0 Å². The second kappa shape index (κ2) is 9.38. The van der Waals surface area contributed by atoms with Gasteiger partial charge in [0.1, 0.15) is 5.75 Å². The van der Waals surface area contributed by atoms with Gasteiger partial charge in [-0.15, -0.1) is 0 Å². The molecule has 1 amide bonds. The second-order valence-electron chi connectivity index (χ2n) is 6.34. The van der Waals surface area contributed by atoms with Crippen LogP contribution in [0.1, 0.15) is 5.56 Å². The van der Waals surface area contributed by atoms with Crippen LogP contribution in [-0.4, -0.2) is 21.4 Å². The van der Waals surface area contributed by atoms with Crippen molar-refractivity contribution in [1.29, 1.82) is 0 Å². The molecule has 0 unspecified atom stereocenters. The SMILES string of the molecule is COc1cccc(NC(=O)Cc2cccc(S(=O)(=O)Nc3ccc(Cl)c(Cl)c3)c2)c1. The van der Waals surface area contributed by atoms with Crippen LogP contribution < -0.4 is 14.8 Å². The molecule has 0 aliphatic rings. The highest BCUT2D eigenvalue weighted by molar-refractivity contribution is 7.92. The summed E-state index contributed by atoms with van der Waals surface area (Å²) in [5.74, 6) is 0.338. The van der Waals surface area contributed by atoms with Gasteiger partial charge in [0, 0.05) is 11.8 Å². The van der Waals surface area contributed by atoms with Crippen molar-refractivity contribution >= 4 is 50.5 Å². The summed E-state index contributed by atoms with van der Waals surface area (Å²) >= 11 is 11.8. The summed E-state index contributed by atoms with van der Waals surface area (Å²) in [5.41, 5.74) is 1.42. The van der Waals surface area contributed by atoms with Gasteiger partial charge in [-0.3, -0.25) is 9.52 Å². The lowest BCUT2D eigenvalue weighted by atomic mass is 10.1. The van der Waals surface area contributed by atoms with Gasteiger partial charge in [-0.05, 0) is 48.0 Å². The minimum atomic E-state index is -3.87. The number of carbonyl (C=O) groups excluding carboxylic acids is 1. The maximum absolute atomic E-state index is 12.7. The van der Waals surface area contributed by atoms with E-state index in [2.05, 4.69) is 10.0 Å². The first-order valence-electron chi connectivity index (χ1n) is 8.77. The average molecular weight is 465 g/mol. The van der Waals surface area contributed by atoms with Gasteiger partial charge in [-0.1, -0.05) is 41.4 Å². The van der Waals surface area contributed by atoms with Crippen molar-refractivity contribution < 1.29 is 17.9 Å². The standard InChI is InChI=1S/C21H18Cl2N2O4S/c1-29-17-6-3-5-15(12-17)24-21(26)11-14-4-2-7-18(10-14)30(27,28)25-16-8-9-19(22)20(23)13-16/h2-10,12-13,25H,11H2,1H3,(H,24,26). The summed E-state index contributed by atoms with van der Waals surface area (Å²) < 4.78 is 33.0. The minimum absolute atomic E-state index is 0.00728. The van der Waals surface area contributed by atoms with E-state index in [1.54, 1.807) is 43.5 Å². The number of benzene rings is 3. The molecule has 0 bridgehead atoms. The van der Waals surface area contributed by atoms with Crippen LogP contribution in [0.3, 0.4) is 0 Å². The molecule has 3 aromatic rings. The van der Waals surface area contributed by atoms with E-state index in [4.69, 9.17) is 27.9 Å². The fourth-order valence-electron chi connectivity index (χ4n) is 2.69. The number of nitrogens with one attached hydrogen (secondary N) is 2. The topological polar surface area (TPSA) is 84.5 Å². The van der Waals surface area contributed by atoms with Crippen LogP contribution in [0.4, 0.5) is 11.4 Å². The second-order valence-corrected chi connectivity index (χ2v) is 8.84. The van der Waals surface area contributed by atoms with Crippen LogP contribution in [0.25, 0.3) is 0 Å². The van der Waals surface area contributed by atoms with E-state index in [9.17, 15) is 13.2 Å². The summed E-state index contributed by atoms with van der Waals surface area (Å²) in [6.45, 7) is 0. The van der Waals surface area contributed by atoms with Gasteiger partial charge < -0.3 is 10.1 Å². The van der Waals surface area contributed by atoms with Crippen LogP contribution in [-0.2, 0) is 21.2 Å². The molecule has 0 aliphatic heterocycles.